The summed E-state index contributed by atoms with van der Waals surface area (Å²) in [7, 11) is 0. The van der Waals surface area contributed by atoms with E-state index in [1.54, 1.807) is 0 Å². The molecule has 2 rings (SSSR count). The van der Waals surface area contributed by atoms with Gasteiger partial charge in [0.1, 0.15) is 0 Å². The molecular weight excluding hydrogens is 212 g/mol. The zero-order valence-corrected chi connectivity index (χ0v) is 10.8. The highest BCUT2D eigenvalue weighted by Gasteiger charge is 2.59. The van der Waals surface area contributed by atoms with Gasteiger partial charge in [0.15, 0.2) is 17.3 Å². The third-order valence-corrected chi connectivity index (χ3v) is 3.78. The minimum atomic E-state index is -1.28. The second-order valence-corrected chi connectivity index (χ2v) is 5.41. The number of hydrogen-bond acceptors (Lipinski definition) is 2. The van der Waals surface area contributed by atoms with Gasteiger partial charge in [0, 0.05) is 11.1 Å². The number of aliphatic hydroxyl groups is 1. The molecule has 0 fully saturated rings. The first-order chi connectivity index (χ1) is 7.90. The predicted octanol–water partition coefficient (Wildman–Crippen LogP) is 2.97. The van der Waals surface area contributed by atoms with Gasteiger partial charge in [0.25, 0.3) is 0 Å². The summed E-state index contributed by atoms with van der Waals surface area (Å²) in [5.41, 5.74) is 0.367. The zero-order chi connectivity index (χ0) is 12.8. The molecule has 0 aromatic heterocycles. The summed E-state index contributed by atoms with van der Waals surface area (Å²) in [6.45, 7) is 7.76. The third-order valence-electron chi connectivity index (χ3n) is 3.78. The zero-order valence-electron chi connectivity index (χ0n) is 10.8. The molecule has 0 aliphatic heterocycles. The van der Waals surface area contributed by atoms with Crippen molar-refractivity contribution in [2.75, 3.05) is 0 Å². The van der Waals surface area contributed by atoms with E-state index in [-0.39, 0.29) is 17.6 Å². The molecule has 1 N–H and O–H groups in total. The monoisotopic (exact) mass is 231 g/mol. The van der Waals surface area contributed by atoms with Crippen molar-refractivity contribution in [3.63, 3.8) is 0 Å². The summed E-state index contributed by atoms with van der Waals surface area (Å²) >= 11 is 0. The summed E-state index contributed by atoms with van der Waals surface area (Å²) in [6, 6.07) is 7.54. The van der Waals surface area contributed by atoms with Gasteiger partial charge < -0.3 is 5.11 Å². The molecule has 2 nitrogen and oxygen atoms in total. The Morgan fingerprint density at radius 3 is 2.41 bits per heavy atom. The molecule has 1 aliphatic carbocycles. The van der Waals surface area contributed by atoms with Gasteiger partial charge in [0.05, 0.1) is 19.8 Å². The Morgan fingerprint density at radius 2 is 1.88 bits per heavy atom. The number of hydrogen-bond donors (Lipinski definition) is 1. The lowest BCUT2D eigenvalue weighted by atomic mass is 9.73. The fourth-order valence-corrected chi connectivity index (χ4v) is 2.89. The number of Topliss-reactive ketones (excluding diaryl/α,β-unsaturated/α-hetero) is 1. The maximum atomic E-state index is 12.4. The van der Waals surface area contributed by atoms with Crippen molar-refractivity contribution in [2.24, 2.45) is 5.92 Å². The van der Waals surface area contributed by atoms with E-state index in [0.717, 1.165) is 11.5 Å². The minimum Gasteiger partial charge on any atom is -0.377 e. The van der Waals surface area contributed by atoms with Gasteiger partial charge in [-0.15, -0.1) is 0 Å². The van der Waals surface area contributed by atoms with Gasteiger partial charge in [-0.25, -0.2) is 0 Å². The van der Waals surface area contributed by atoms with E-state index in [0.29, 0.717) is 5.56 Å². The third kappa shape index (κ3) is 1.51. The predicted molar refractivity (Wildman–Crippen MR) is 67.9 cm³/mol. The maximum absolute atomic E-state index is 12.4. The molecule has 0 radical (unpaired) electrons. The van der Waals surface area contributed by atoms with E-state index in [1.807, 2.05) is 52.0 Å². The van der Waals surface area contributed by atoms with Crippen LogP contribution in [0.5, 0.6) is 0 Å². The van der Waals surface area contributed by atoms with Crippen LogP contribution in [0.1, 0.15) is 49.5 Å². The Hall–Kier alpha value is -1.28. The lowest BCUT2D eigenvalue weighted by Gasteiger charge is -2.29. The molecular formula is C15H19O2+. The van der Waals surface area contributed by atoms with Crippen molar-refractivity contribution >= 4 is 5.78 Å². The molecule has 17 heavy (non-hydrogen) atoms. The molecule has 0 unspecified atom stereocenters. The highest BCUT2D eigenvalue weighted by atomic mass is 16.3. The molecule has 2 atom stereocenters. The van der Waals surface area contributed by atoms with Crippen LogP contribution in [0, 0.1) is 11.8 Å². The lowest BCUT2D eigenvalue weighted by Crippen LogP contribution is -2.45. The summed E-state index contributed by atoms with van der Waals surface area (Å²) in [6.07, 6.45) is 0. The van der Waals surface area contributed by atoms with Gasteiger partial charge >= 0.3 is 0 Å². The van der Waals surface area contributed by atoms with E-state index in [1.165, 1.54) is 0 Å². The average Bonchev–Trinajstić information content (AvgIpc) is 2.50. The number of rotatable bonds is 2. The molecule has 2 heteroatoms. The van der Waals surface area contributed by atoms with Crippen molar-refractivity contribution in [3.05, 3.63) is 41.3 Å². The minimum absolute atomic E-state index is 0.0951. The Labute approximate surface area is 103 Å². The van der Waals surface area contributed by atoms with Crippen molar-refractivity contribution < 1.29 is 9.90 Å². The molecule has 1 aliphatic rings. The van der Waals surface area contributed by atoms with Crippen LogP contribution in [0.2, 0.25) is 0 Å². The van der Waals surface area contributed by atoms with Crippen molar-refractivity contribution in [2.45, 2.75) is 39.2 Å². The number of carbonyl (C=O) groups excluding carboxylic acids is 1. The van der Waals surface area contributed by atoms with Crippen LogP contribution >= 0.6 is 0 Å². The summed E-state index contributed by atoms with van der Waals surface area (Å²) in [5, 5.41) is 10.8. The second kappa shape index (κ2) is 3.88. The topological polar surface area (TPSA) is 37.3 Å². The molecule has 0 heterocycles. The van der Waals surface area contributed by atoms with E-state index in [4.69, 9.17) is 0 Å². The molecule has 90 valence electrons. The van der Waals surface area contributed by atoms with Gasteiger partial charge in [0.2, 0.25) is 0 Å². The molecule has 0 saturated heterocycles. The van der Waals surface area contributed by atoms with Gasteiger partial charge in [-0.1, -0.05) is 38.1 Å². The Balaban J connectivity index is 2.64. The molecule has 0 amide bonds. The second-order valence-electron chi connectivity index (χ2n) is 5.41. The maximum Gasteiger partial charge on any atom is 0.200 e. The Bertz CT molecular complexity index is 448. The largest absolute Gasteiger partial charge is 0.377 e. The number of benzene rings is 1. The number of carbonyl (C=O) groups is 1. The fourth-order valence-electron chi connectivity index (χ4n) is 2.89. The number of fused-ring (bicyclic) bond motifs is 1. The van der Waals surface area contributed by atoms with E-state index in [9.17, 15) is 9.90 Å². The molecule has 0 spiro atoms. The summed E-state index contributed by atoms with van der Waals surface area (Å²) in [5.74, 6) is 0.683. The highest BCUT2D eigenvalue weighted by Crippen LogP contribution is 2.49. The van der Waals surface area contributed by atoms with Crippen molar-refractivity contribution in [1.82, 2.24) is 0 Å². The van der Waals surface area contributed by atoms with E-state index < -0.39 is 5.60 Å². The Morgan fingerprint density at radius 1 is 1.29 bits per heavy atom. The Kier molecular flexibility index (Phi) is 2.78. The van der Waals surface area contributed by atoms with Crippen LogP contribution in [0.3, 0.4) is 0 Å². The van der Waals surface area contributed by atoms with E-state index >= 15 is 0 Å². The van der Waals surface area contributed by atoms with Crippen LogP contribution < -0.4 is 0 Å². The molecule has 1 aromatic rings. The number of ketones is 1. The standard InChI is InChI=1S/C15H19O2/c1-9(2)13-11-7-5-6-8-12(11)14(16)15(13,17)10(3)4/h5-8,10,13,17H,1-4H3/q+1/t13-,15-/m1/s1. The fraction of sp³-hybridized carbons (Fsp3) is 0.467. The summed E-state index contributed by atoms with van der Waals surface area (Å²) < 4.78 is 0. The summed E-state index contributed by atoms with van der Waals surface area (Å²) in [4.78, 5) is 12.4. The van der Waals surface area contributed by atoms with Crippen LogP contribution in [0.15, 0.2) is 24.3 Å². The quantitative estimate of drug-likeness (QED) is 0.794. The lowest BCUT2D eigenvalue weighted by molar-refractivity contribution is -0.00211. The smallest absolute Gasteiger partial charge is 0.200 e. The van der Waals surface area contributed by atoms with Crippen molar-refractivity contribution in [1.29, 1.82) is 0 Å². The first kappa shape index (κ1) is 12.2. The van der Waals surface area contributed by atoms with Gasteiger partial charge in [-0.3, -0.25) is 4.79 Å². The molecule has 1 aromatic carbocycles. The first-order valence-corrected chi connectivity index (χ1v) is 6.06. The molecule has 0 bridgehead atoms. The van der Waals surface area contributed by atoms with Gasteiger partial charge in [-0.05, 0) is 5.92 Å². The van der Waals surface area contributed by atoms with Crippen LogP contribution in [-0.2, 0) is 0 Å². The normalized spacial score (nSPS) is 27.4. The highest BCUT2D eigenvalue weighted by molar-refractivity contribution is 6.08. The first-order valence-electron chi connectivity index (χ1n) is 6.06. The van der Waals surface area contributed by atoms with Crippen LogP contribution in [-0.4, -0.2) is 16.5 Å². The average molecular weight is 231 g/mol. The van der Waals surface area contributed by atoms with Crippen LogP contribution in [0.4, 0.5) is 0 Å². The molecule has 0 saturated carbocycles. The van der Waals surface area contributed by atoms with Gasteiger partial charge in [-0.2, -0.15) is 0 Å². The van der Waals surface area contributed by atoms with Crippen molar-refractivity contribution in [3.8, 4) is 0 Å². The van der Waals surface area contributed by atoms with E-state index in [2.05, 4.69) is 0 Å². The van der Waals surface area contributed by atoms with Crippen LogP contribution in [0.25, 0.3) is 0 Å². The SMILES string of the molecule is C[C+](C)[C@@H]1c2ccccc2C(=O)[C@@]1(O)C(C)C.